The molecule has 1 unspecified atom stereocenters. The topological polar surface area (TPSA) is 101 Å². The molecule has 0 aliphatic carbocycles. The molecule has 0 bridgehead atoms. The van der Waals surface area contributed by atoms with Gasteiger partial charge in [0.2, 0.25) is 0 Å². The highest BCUT2D eigenvalue weighted by Gasteiger charge is 2.03. The zero-order chi connectivity index (χ0) is 11.3. The van der Waals surface area contributed by atoms with Crippen LogP contribution in [-0.4, -0.2) is 32.2 Å². The second-order valence-corrected chi connectivity index (χ2v) is 4.72. The van der Waals surface area contributed by atoms with Crippen LogP contribution in [0.15, 0.2) is 11.1 Å². The van der Waals surface area contributed by atoms with E-state index in [1.165, 1.54) is 6.33 Å². The zero-order valence-corrected chi connectivity index (χ0v) is 9.26. The Morgan fingerprint density at radius 1 is 1.67 bits per heavy atom. The lowest BCUT2D eigenvalue weighted by molar-refractivity contribution is 0.684. The van der Waals surface area contributed by atoms with E-state index in [0.29, 0.717) is 23.9 Å². The van der Waals surface area contributed by atoms with Crippen molar-refractivity contribution in [1.29, 1.82) is 0 Å². The van der Waals surface area contributed by atoms with Gasteiger partial charge in [-0.15, -0.1) is 0 Å². The summed E-state index contributed by atoms with van der Waals surface area (Å²) in [5, 5.41) is 2.87. The van der Waals surface area contributed by atoms with Crippen molar-refractivity contribution < 1.29 is 4.21 Å². The van der Waals surface area contributed by atoms with Crippen LogP contribution in [0.4, 0.5) is 11.5 Å². The molecular formula is C8H14N4O2S. The van der Waals surface area contributed by atoms with E-state index in [9.17, 15) is 9.00 Å². The Morgan fingerprint density at radius 3 is 3.07 bits per heavy atom. The van der Waals surface area contributed by atoms with Crippen LogP contribution in [0.2, 0.25) is 0 Å². The third kappa shape index (κ3) is 3.35. The molecule has 0 saturated carbocycles. The molecule has 0 fully saturated rings. The van der Waals surface area contributed by atoms with Gasteiger partial charge in [0.15, 0.2) is 5.82 Å². The number of nitrogens with one attached hydrogen (secondary N) is 2. The van der Waals surface area contributed by atoms with Crippen LogP contribution in [-0.2, 0) is 10.8 Å². The number of nitrogens with two attached hydrogens (primary N) is 1. The molecule has 6 nitrogen and oxygen atoms in total. The van der Waals surface area contributed by atoms with Crippen molar-refractivity contribution >= 4 is 22.3 Å². The van der Waals surface area contributed by atoms with Gasteiger partial charge in [0, 0.05) is 28.9 Å². The summed E-state index contributed by atoms with van der Waals surface area (Å²) in [7, 11) is -0.830. The van der Waals surface area contributed by atoms with Crippen LogP contribution in [0.25, 0.3) is 0 Å². The number of nitrogens with zero attached hydrogens (tertiary/aromatic N) is 1. The SMILES string of the molecule is CCS(=O)CCNc1nc[nH]c(=O)c1N. The summed E-state index contributed by atoms with van der Waals surface area (Å²) in [6, 6.07) is 0. The molecule has 7 heteroatoms. The minimum Gasteiger partial charge on any atom is -0.391 e. The summed E-state index contributed by atoms with van der Waals surface area (Å²) in [6.07, 6.45) is 1.28. The summed E-state index contributed by atoms with van der Waals surface area (Å²) in [6.45, 7) is 2.34. The van der Waals surface area contributed by atoms with Crippen molar-refractivity contribution in [3.05, 3.63) is 16.7 Å². The maximum absolute atomic E-state index is 11.1. The standard InChI is InChI=1S/C8H14N4O2S/c1-2-15(14)4-3-10-7-6(9)8(13)12-5-11-7/h5H,2-4,9H2,1H3,(H2,10,11,12,13). The van der Waals surface area contributed by atoms with Crippen LogP contribution in [0, 0.1) is 0 Å². The molecular weight excluding hydrogens is 216 g/mol. The van der Waals surface area contributed by atoms with E-state index in [-0.39, 0.29) is 11.2 Å². The van der Waals surface area contributed by atoms with Gasteiger partial charge in [-0.1, -0.05) is 6.92 Å². The third-order valence-electron chi connectivity index (χ3n) is 1.83. The Balaban J connectivity index is 2.55. The first-order chi connectivity index (χ1) is 7.15. The van der Waals surface area contributed by atoms with Crippen LogP contribution < -0.4 is 16.6 Å². The maximum Gasteiger partial charge on any atom is 0.276 e. The molecule has 0 spiro atoms. The highest BCUT2D eigenvalue weighted by atomic mass is 32.2. The molecule has 0 saturated heterocycles. The van der Waals surface area contributed by atoms with Crippen molar-refractivity contribution in [3.8, 4) is 0 Å². The Kier molecular flexibility index (Phi) is 4.29. The van der Waals surface area contributed by atoms with E-state index in [1.54, 1.807) is 0 Å². The number of hydrogen-bond acceptors (Lipinski definition) is 5. The molecule has 1 atom stereocenters. The van der Waals surface area contributed by atoms with E-state index in [0.717, 1.165) is 0 Å². The van der Waals surface area contributed by atoms with Crippen LogP contribution in [0.5, 0.6) is 0 Å². The maximum atomic E-state index is 11.1. The van der Waals surface area contributed by atoms with Gasteiger partial charge in [0.1, 0.15) is 5.69 Å². The smallest absolute Gasteiger partial charge is 0.276 e. The summed E-state index contributed by atoms with van der Waals surface area (Å²) >= 11 is 0. The van der Waals surface area contributed by atoms with E-state index in [2.05, 4.69) is 15.3 Å². The van der Waals surface area contributed by atoms with Gasteiger partial charge in [0.05, 0.1) is 6.33 Å². The lowest BCUT2D eigenvalue weighted by Gasteiger charge is -2.05. The summed E-state index contributed by atoms with van der Waals surface area (Å²) in [4.78, 5) is 17.3. The summed E-state index contributed by atoms with van der Waals surface area (Å²) in [5.41, 5.74) is 5.17. The molecule has 4 N–H and O–H groups in total. The molecule has 84 valence electrons. The molecule has 1 aromatic rings. The average molecular weight is 230 g/mol. The normalized spacial score (nSPS) is 12.3. The van der Waals surface area contributed by atoms with Gasteiger partial charge in [-0.25, -0.2) is 4.98 Å². The Bertz CT molecular complexity index is 404. The van der Waals surface area contributed by atoms with Gasteiger partial charge in [0.25, 0.3) is 5.56 Å². The fourth-order valence-electron chi connectivity index (χ4n) is 0.979. The fraction of sp³-hybridized carbons (Fsp3) is 0.500. The van der Waals surface area contributed by atoms with E-state index in [1.807, 2.05) is 6.92 Å². The molecule has 0 amide bonds. The van der Waals surface area contributed by atoms with Crippen molar-refractivity contribution in [2.45, 2.75) is 6.92 Å². The number of nitrogen functional groups attached to an aromatic ring is 1. The minimum absolute atomic E-state index is 0.0554. The lowest BCUT2D eigenvalue weighted by Crippen LogP contribution is -2.19. The molecule has 0 aliphatic rings. The van der Waals surface area contributed by atoms with Crippen LogP contribution in [0.3, 0.4) is 0 Å². The minimum atomic E-state index is -0.830. The predicted octanol–water partition coefficient (Wildman–Crippen LogP) is -0.467. The first kappa shape index (κ1) is 11.7. The molecule has 1 aromatic heterocycles. The first-order valence-electron chi connectivity index (χ1n) is 4.57. The van der Waals surface area contributed by atoms with Crippen molar-refractivity contribution in [2.24, 2.45) is 0 Å². The Hall–Kier alpha value is -1.37. The van der Waals surface area contributed by atoms with Crippen molar-refractivity contribution in [1.82, 2.24) is 9.97 Å². The summed E-state index contributed by atoms with van der Waals surface area (Å²) < 4.78 is 11.1. The van der Waals surface area contributed by atoms with E-state index >= 15 is 0 Å². The summed E-state index contributed by atoms with van der Waals surface area (Å²) in [5.74, 6) is 1.48. The zero-order valence-electron chi connectivity index (χ0n) is 8.45. The van der Waals surface area contributed by atoms with Gasteiger partial charge >= 0.3 is 0 Å². The third-order valence-corrected chi connectivity index (χ3v) is 3.14. The largest absolute Gasteiger partial charge is 0.391 e. The van der Waals surface area contributed by atoms with Gasteiger partial charge in [-0.3, -0.25) is 9.00 Å². The number of aromatic amines is 1. The quantitative estimate of drug-likeness (QED) is 0.635. The van der Waals surface area contributed by atoms with E-state index in [4.69, 9.17) is 5.73 Å². The number of aromatic nitrogens is 2. The first-order valence-corrected chi connectivity index (χ1v) is 6.06. The van der Waals surface area contributed by atoms with Crippen molar-refractivity contribution in [2.75, 3.05) is 29.1 Å². The molecule has 15 heavy (non-hydrogen) atoms. The second kappa shape index (κ2) is 5.50. The molecule has 1 rings (SSSR count). The van der Waals surface area contributed by atoms with Crippen LogP contribution >= 0.6 is 0 Å². The van der Waals surface area contributed by atoms with Gasteiger partial charge < -0.3 is 16.0 Å². The Morgan fingerprint density at radius 2 is 2.40 bits per heavy atom. The number of rotatable bonds is 5. The highest BCUT2D eigenvalue weighted by Crippen LogP contribution is 2.05. The monoisotopic (exact) mass is 230 g/mol. The highest BCUT2D eigenvalue weighted by molar-refractivity contribution is 7.84. The van der Waals surface area contributed by atoms with Gasteiger partial charge in [-0.05, 0) is 0 Å². The number of H-pyrrole nitrogens is 1. The van der Waals surface area contributed by atoms with Crippen molar-refractivity contribution in [3.63, 3.8) is 0 Å². The molecule has 0 radical (unpaired) electrons. The number of anilines is 2. The Labute approximate surface area is 89.8 Å². The molecule has 1 heterocycles. The second-order valence-electron chi connectivity index (χ2n) is 2.85. The predicted molar refractivity (Wildman–Crippen MR) is 61.3 cm³/mol. The van der Waals surface area contributed by atoms with E-state index < -0.39 is 10.8 Å². The van der Waals surface area contributed by atoms with Gasteiger partial charge in [-0.2, -0.15) is 0 Å². The lowest BCUT2D eigenvalue weighted by atomic mass is 10.5. The van der Waals surface area contributed by atoms with Crippen LogP contribution in [0.1, 0.15) is 6.92 Å². The fourth-order valence-corrected chi connectivity index (χ4v) is 1.60. The molecule has 0 aliphatic heterocycles. The number of hydrogen-bond donors (Lipinski definition) is 3. The molecule has 0 aromatic carbocycles. The average Bonchev–Trinajstić information content (AvgIpc) is 2.24.